The largest absolute Gasteiger partial charge is 0.496 e. The standard InChI is InChI=1S/C26H28N2O5S/c1-32-23-9-8-17(14-28-24(29)20-6-2-3-7-21(20)25(28)30)13-22(23)26(31)27(18-10-12-34-16-18)15-19-5-4-11-33-19/h2-3,6-9,13,18-19H,4-5,10-12,14-16H2,1H3. The molecule has 0 aliphatic carbocycles. The molecular formula is C26H28N2O5S. The number of carbonyl (C=O) groups excluding carboxylic acids is 3. The van der Waals surface area contributed by atoms with Crippen LogP contribution in [0.5, 0.6) is 5.75 Å². The van der Waals surface area contributed by atoms with Crippen molar-refractivity contribution >= 4 is 29.5 Å². The lowest BCUT2D eigenvalue weighted by molar-refractivity contribution is 0.0439. The minimum absolute atomic E-state index is 0.0575. The molecule has 3 amide bonds. The van der Waals surface area contributed by atoms with Gasteiger partial charge in [-0.1, -0.05) is 18.2 Å². The first-order valence-corrected chi connectivity index (χ1v) is 12.8. The van der Waals surface area contributed by atoms with Crippen LogP contribution >= 0.6 is 11.8 Å². The predicted octanol–water partition coefficient (Wildman–Crippen LogP) is 3.62. The van der Waals surface area contributed by atoms with E-state index < -0.39 is 0 Å². The molecular weight excluding hydrogens is 452 g/mol. The predicted molar refractivity (Wildman–Crippen MR) is 129 cm³/mol. The summed E-state index contributed by atoms with van der Waals surface area (Å²) in [6, 6.07) is 12.3. The minimum atomic E-state index is -0.313. The zero-order valence-electron chi connectivity index (χ0n) is 19.2. The number of ether oxygens (including phenoxy) is 2. The monoisotopic (exact) mass is 480 g/mol. The Hall–Kier alpha value is -2.84. The van der Waals surface area contributed by atoms with Crippen molar-refractivity contribution in [2.45, 2.75) is 38.0 Å². The molecule has 34 heavy (non-hydrogen) atoms. The normalized spacial score (nSPS) is 21.7. The highest BCUT2D eigenvalue weighted by Crippen LogP contribution is 2.30. The van der Waals surface area contributed by atoms with Gasteiger partial charge in [-0.15, -0.1) is 0 Å². The first-order chi connectivity index (χ1) is 16.6. The topological polar surface area (TPSA) is 76.2 Å². The van der Waals surface area contributed by atoms with Crippen molar-refractivity contribution in [2.24, 2.45) is 0 Å². The van der Waals surface area contributed by atoms with E-state index in [-0.39, 0.29) is 36.4 Å². The van der Waals surface area contributed by atoms with Gasteiger partial charge in [-0.05, 0) is 54.8 Å². The quantitative estimate of drug-likeness (QED) is 0.564. The van der Waals surface area contributed by atoms with E-state index in [1.807, 2.05) is 16.7 Å². The van der Waals surface area contributed by atoms with Crippen LogP contribution in [0.4, 0.5) is 0 Å². The minimum Gasteiger partial charge on any atom is -0.496 e. The van der Waals surface area contributed by atoms with E-state index in [0.29, 0.717) is 34.5 Å². The van der Waals surface area contributed by atoms with Crippen LogP contribution in [0.25, 0.3) is 0 Å². The molecule has 2 aromatic carbocycles. The highest BCUT2D eigenvalue weighted by atomic mass is 32.2. The molecule has 2 saturated heterocycles. The van der Waals surface area contributed by atoms with Crippen LogP contribution in [0, 0.1) is 0 Å². The maximum absolute atomic E-state index is 13.8. The van der Waals surface area contributed by atoms with Crippen molar-refractivity contribution in [3.8, 4) is 5.75 Å². The summed E-state index contributed by atoms with van der Waals surface area (Å²) in [5.41, 5.74) is 1.99. The molecule has 3 heterocycles. The highest BCUT2D eigenvalue weighted by Gasteiger charge is 2.36. The SMILES string of the molecule is COc1ccc(CN2C(=O)c3ccccc3C2=O)cc1C(=O)N(CC1CCCO1)C1CCSC1. The van der Waals surface area contributed by atoms with E-state index in [0.717, 1.165) is 37.4 Å². The van der Waals surface area contributed by atoms with Gasteiger partial charge in [0.15, 0.2) is 0 Å². The Bertz CT molecular complexity index is 1070. The molecule has 178 valence electrons. The lowest BCUT2D eigenvalue weighted by Crippen LogP contribution is -2.44. The molecule has 2 unspecified atom stereocenters. The average molecular weight is 481 g/mol. The molecule has 2 fully saturated rings. The summed E-state index contributed by atoms with van der Waals surface area (Å²) in [6.07, 6.45) is 2.99. The summed E-state index contributed by atoms with van der Waals surface area (Å²) in [7, 11) is 1.55. The summed E-state index contributed by atoms with van der Waals surface area (Å²) in [5.74, 6) is 1.72. The van der Waals surface area contributed by atoms with E-state index >= 15 is 0 Å². The number of benzene rings is 2. The Balaban J connectivity index is 1.41. The van der Waals surface area contributed by atoms with Gasteiger partial charge in [0.25, 0.3) is 17.7 Å². The number of imide groups is 1. The van der Waals surface area contributed by atoms with Crippen molar-refractivity contribution in [1.82, 2.24) is 9.80 Å². The van der Waals surface area contributed by atoms with Gasteiger partial charge < -0.3 is 14.4 Å². The molecule has 0 N–H and O–H groups in total. The summed E-state index contributed by atoms with van der Waals surface area (Å²) < 4.78 is 11.4. The third-order valence-electron chi connectivity index (χ3n) is 6.74. The van der Waals surface area contributed by atoms with Gasteiger partial charge in [-0.3, -0.25) is 19.3 Å². The van der Waals surface area contributed by atoms with E-state index in [1.165, 1.54) is 4.90 Å². The van der Waals surface area contributed by atoms with Gasteiger partial charge in [0, 0.05) is 24.9 Å². The maximum atomic E-state index is 13.8. The molecule has 5 rings (SSSR count). The van der Waals surface area contributed by atoms with Crippen molar-refractivity contribution in [2.75, 3.05) is 31.8 Å². The third-order valence-corrected chi connectivity index (χ3v) is 7.89. The van der Waals surface area contributed by atoms with E-state index in [1.54, 1.807) is 49.6 Å². The number of thioether (sulfide) groups is 1. The lowest BCUT2D eigenvalue weighted by atomic mass is 10.1. The Morgan fingerprint density at radius 1 is 1.15 bits per heavy atom. The highest BCUT2D eigenvalue weighted by molar-refractivity contribution is 7.99. The number of carbonyl (C=O) groups is 3. The van der Waals surface area contributed by atoms with Gasteiger partial charge >= 0.3 is 0 Å². The third kappa shape index (κ3) is 4.32. The van der Waals surface area contributed by atoms with Crippen LogP contribution in [0.1, 0.15) is 55.9 Å². The lowest BCUT2D eigenvalue weighted by Gasteiger charge is -2.31. The first-order valence-electron chi connectivity index (χ1n) is 11.7. The zero-order chi connectivity index (χ0) is 23.7. The second-order valence-electron chi connectivity index (χ2n) is 8.89. The Labute approximate surface area is 203 Å². The molecule has 2 aromatic rings. The zero-order valence-corrected chi connectivity index (χ0v) is 20.0. The number of hydrogen-bond donors (Lipinski definition) is 0. The second kappa shape index (κ2) is 9.80. The fourth-order valence-electron chi connectivity index (χ4n) is 4.91. The van der Waals surface area contributed by atoms with Gasteiger partial charge in [-0.25, -0.2) is 0 Å². The Kier molecular flexibility index (Phi) is 6.61. The van der Waals surface area contributed by atoms with Gasteiger partial charge in [0.05, 0.1) is 36.4 Å². The molecule has 3 aliphatic heterocycles. The number of nitrogens with zero attached hydrogens (tertiary/aromatic N) is 2. The van der Waals surface area contributed by atoms with E-state index in [4.69, 9.17) is 9.47 Å². The number of methoxy groups -OCH3 is 1. The molecule has 7 nitrogen and oxygen atoms in total. The van der Waals surface area contributed by atoms with Crippen LogP contribution in [-0.4, -0.2) is 71.4 Å². The van der Waals surface area contributed by atoms with Crippen LogP contribution in [0.2, 0.25) is 0 Å². The van der Waals surface area contributed by atoms with Crippen LogP contribution < -0.4 is 4.74 Å². The number of rotatable bonds is 7. The number of hydrogen-bond acceptors (Lipinski definition) is 6. The molecule has 0 saturated carbocycles. The summed E-state index contributed by atoms with van der Waals surface area (Å²) in [5, 5.41) is 0. The molecule has 3 aliphatic rings. The Morgan fingerprint density at radius 2 is 1.91 bits per heavy atom. The summed E-state index contributed by atoms with van der Waals surface area (Å²) >= 11 is 1.86. The van der Waals surface area contributed by atoms with Gasteiger partial charge in [0.2, 0.25) is 0 Å². The molecule has 0 aromatic heterocycles. The molecule has 2 atom stereocenters. The first kappa shape index (κ1) is 22.9. The van der Waals surface area contributed by atoms with Crippen LogP contribution in [0.3, 0.4) is 0 Å². The van der Waals surface area contributed by atoms with Crippen LogP contribution in [0.15, 0.2) is 42.5 Å². The van der Waals surface area contributed by atoms with Gasteiger partial charge in [-0.2, -0.15) is 11.8 Å². The van der Waals surface area contributed by atoms with E-state index in [9.17, 15) is 14.4 Å². The molecule has 0 radical (unpaired) electrons. The average Bonchev–Trinajstić information content (AvgIpc) is 3.62. The van der Waals surface area contributed by atoms with Crippen LogP contribution in [-0.2, 0) is 11.3 Å². The molecule has 0 spiro atoms. The van der Waals surface area contributed by atoms with Crippen molar-refractivity contribution in [1.29, 1.82) is 0 Å². The van der Waals surface area contributed by atoms with Crippen molar-refractivity contribution in [3.63, 3.8) is 0 Å². The van der Waals surface area contributed by atoms with Gasteiger partial charge in [0.1, 0.15) is 5.75 Å². The maximum Gasteiger partial charge on any atom is 0.261 e. The van der Waals surface area contributed by atoms with Crippen molar-refractivity contribution < 1.29 is 23.9 Å². The Morgan fingerprint density at radius 3 is 2.53 bits per heavy atom. The molecule has 0 bridgehead atoms. The number of amides is 3. The summed E-state index contributed by atoms with van der Waals surface area (Å²) in [6.45, 7) is 1.41. The smallest absolute Gasteiger partial charge is 0.261 e. The summed E-state index contributed by atoms with van der Waals surface area (Å²) in [4.78, 5) is 42.6. The fourth-order valence-corrected chi connectivity index (χ4v) is 6.14. The number of fused-ring (bicyclic) bond motifs is 1. The van der Waals surface area contributed by atoms with Crippen molar-refractivity contribution in [3.05, 3.63) is 64.7 Å². The van der Waals surface area contributed by atoms with E-state index in [2.05, 4.69) is 0 Å². The molecule has 8 heteroatoms. The second-order valence-corrected chi connectivity index (χ2v) is 10.0. The fraction of sp³-hybridized carbons (Fsp3) is 0.423.